The molecule has 0 saturated heterocycles. The number of nitriles is 1. The first-order valence-electron chi connectivity index (χ1n) is 3.01. The van der Waals surface area contributed by atoms with E-state index < -0.39 is 5.83 Å². The maximum absolute atomic E-state index is 12.4. The fourth-order valence-corrected chi connectivity index (χ4v) is 0.480. The Morgan fingerprint density at radius 3 is 2.36 bits per heavy atom. The SMILES string of the molecule is C/C(F)=C(C=O)\C=C(/C)C#N. The topological polar surface area (TPSA) is 40.9 Å². The van der Waals surface area contributed by atoms with E-state index in [9.17, 15) is 9.18 Å². The summed E-state index contributed by atoms with van der Waals surface area (Å²) in [5.41, 5.74) is 0.230. The van der Waals surface area contributed by atoms with Crippen molar-refractivity contribution in [3.63, 3.8) is 0 Å². The second kappa shape index (κ2) is 4.40. The molecule has 0 bridgehead atoms. The number of nitrogens with zero attached hydrogens (tertiary/aromatic N) is 1. The van der Waals surface area contributed by atoms with E-state index in [0.717, 1.165) is 0 Å². The predicted molar refractivity (Wildman–Crippen MR) is 39.2 cm³/mol. The van der Waals surface area contributed by atoms with Crippen LogP contribution in [0.4, 0.5) is 4.39 Å². The van der Waals surface area contributed by atoms with Gasteiger partial charge in [0.05, 0.1) is 6.07 Å². The van der Waals surface area contributed by atoms with Gasteiger partial charge in [0, 0.05) is 11.1 Å². The van der Waals surface area contributed by atoms with Crippen LogP contribution >= 0.6 is 0 Å². The van der Waals surface area contributed by atoms with Gasteiger partial charge >= 0.3 is 0 Å². The van der Waals surface area contributed by atoms with Crippen LogP contribution in [-0.2, 0) is 4.79 Å². The van der Waals surface area contributed by atoms with Crippen LogP contribution in [0.1, 0.15) is 13.8 Å². The summed E-state index contributed by atoms with van der Waals surface area (Å²) >= 11 is 0. The Balaban J connectivity index is 4.75. The van der Waals surface area contributed by atoms with Gasteiger partial charge in [0.2, 0.25) is 0 Å². The summed E-state index contributed by atoms with van der Waals surface area (Å²) in [6.45, 7) is 2.68. The molecule has 0 N–H and O–H groups in total. The van der Waals surface area contributed by atoms with Gasteiger partial charge < -0.3 is 0 Å². The molecule has 0 aliphatic rings. The zero-order valence-electron chi connectivity index (χ0n) is 6.39. The summed E-state index contributed by atoms with van der Waals surface area (Å²) in [4.78, 5) is 10.1. The second-order valence-corrected chi connectivity index (χ2v) is 2.05. The van der Waals surface area contributed by atoms with Crippen molar-refractivity contribution in [2.24, 2.45) is 0 Å². The number of hydrogen-bond acceptors (Lipinski definition) is 2. The Bertz CT molecular complexity index is 254. The van der Waals surface area contributed by atoms with Crippen molar-refractivity contribution in [2.45, 2.75) is 13.8 Å². The second-order valence-electron chi connectivity index (χ2n) is 2.05. The third-order valence-electron chi connectivity index (χ3n) is 1.07. The minimum atomic E-state index is -0.574. The summed E-state index contributed by atoms with van der Waals surface area (Å²) in [6, 6.07) is 1.79. The number of halogens is 1. The predicted octanol–water partition coefficient (Wildman–Crippen LogP) is 1.90. The first-order valence-corrected chi connectivity index (χ1v) is 3.01. The van der Waals surface area contributed by atoms with E-state index in [-0.39, 0.29) is 5.57 Å². The van der Waals surface area contributed by atoms with Gasteiger partial charge in [0.15, 0.2) is 6.29 Å². The number of hydrogen-bond donors (Lipinski definition) is 0. The molecule has 0 atom stereocenters. The average Bonchev–Trinajstić information content (AvgIpc) is 1.99. The van der Waals surface area contributed by atoms with E-state index in [2.05, 4.69) is 0 Å². The molecule has 0 unspecified atom stereocenters. The Hall–Kier alpha value is -1.43. The largest absolute Gasteiger partial charge is 0.298 e. The van der Waals surface area contributed by atoms with Crippen LogP contribution < -0.4 is 0 Å². The minimum Gasteiger partial charge on any atom is -0.298 e. The van der Waals surface area contributed by atoms with Crippen molar-refractivity contribution in [3.05, 3.63) is 23.0 Å². The van der Waals surface area contributed by atoms with Gasteiger partial charge in [-0.25, -0.2) is 4.39 Å². The molecule has 0 fully saturated rings. The molecule has 3 heteroatoms. The summed E-state index contributed by atoms with van der Waals surface area (Å²) in [6.07, 6.45) is 1.60. The van der Waals surface area contributed by atoms with Crippen LogP contribution in [0.5, 0.6) is 0 Å². The number of rotatable bonds is 2. The molecular weight excluding hydrogens is 145 g/mol. The van der Waals surface area contributed by atoms with Crippen LogP contribution in [0.25, 0.3) is 0 Å². The minimum absolute atomic E-state index is 0.0796. The highest BCUT2D eigenvalue weighted by Gasteiger charge is 1.96. The van der Waals surface area contributed by atoms with Gasteiger partial charge in [-0.3, -0.25) is 4.79 Å². The van der Waals surface area contributed by atoms with E-state index in [1.54, 1.807) is 6.07 Å². The van der Waals surface area contributed by atoms with Gasteiger partial charge in [0.1, 0.15) is 5.83 Å². The van der Waals surface area contributed by atoms with Gasteiger partial charge in [-0.1, -0.05) is 0 Å². The lowest BCUT2D eigenvalue weighted by molar-refractivity contribution is -0.104. The molecule has 0 aromatic carbocycles. The van der Waals surface area contributed by atoms with Crippen molar-refractivity contribution in [1.82, 2.24) is 0 Å². The highest BCUT2D eigenvalue weighted by Crippen LogP contribution is 2.06. The van der Waals surface area contributed by atoms with Crippen LogP contribution in [0, 0.1) is 11.3 Å². The van der Waals surface area contributed by atoms with Gasteiger partial charge in [-0.05, 0) is 19.9 Å². The first-order chi connectivity index (χ1) is 5.11. The van der Waals surface area contributed by atoms with Crippen LogP contribution in [0.2, 0.25) is 0 Å². The van der Waals surface area contributed by atoms with Crippen LogP contribution in [0.15, 0.2) is 23.0 Å². The molecule has 0 radical (unpaired) electrons. The van der Waals surface area contributed by atoms with Crippen molar-refractivity contribution in [3.8, 4) is 6.07 Å². The highest BCUT2D eigenvalue weighted by atomic mass is 19.1. The smallest absolute Gasteiger partial charge is 0.152 e. The molecule has 0 saturated carbocycles. The summed E-state index contributed by atoms with van der Waals surface area (Å²) < 4.78 is 12.4. The lowest BCUT2D eigenvalue weighted by Gasteiger charge is -1.89. The summed E-state index contributed by atoms with van der Waals surface area (Å²) in [7, 11) is 0. The standard InChI is InChI=1S/C8H8FNO/c1-6(4-10)3-8(5-11)7(2)9/h3,5H,1-2H3/b6-3+,8-7-. The molecule has 0 spiro atoms. The molecular formula is C8H8FNO. The van der Waals surface area contributed by atoms with E-state index in [0.29, 0.717) is 11.9 Å². The molecule has 0 amide bonds. The van der Waals surface area contributed by atoms with Crippen molar-refractivity contribution in [1.29, 1.82) is 5.26 Å². The van der Waals surface area contributed by atoms with E-state index in [1.165, 1.54) is 19.9 Å². The third-order valence-corrected chi connectivity index (χ3v) is 1.07. The zero-order chi connectivity index (χ0) is 8.85. The van der Waals surface area contributed by atoms with Crippen LogP contribution in [0.3, 0.4) is 0 Å². The lowest BCUT2D eigenvalue weighted by atomic mass is 10.2. The Morgan fingerprint density at radius 2 is 2.09 bits per heavy atom. The van der Waals surface area contributed by atoms with Gasteiger partial charge in [-0.2, -0.15) is 5.26 Å². The molecule has 0 heterocycles. The Kier molecular flexibility index (Phi) is 3.82. The monoisotopic (exact) mass is 153 g/mol. The van der Waals surface area contributed by atoms with Gasteiger partial charge in [0.25, 0.3) is 0 Å². The fourth-order valence-electron chi connectivity index (χ4n) is 0.480. The zero-order valence-corrected chi connectivity index (χ0v) is 6.39. The molecule has 0 aromatic rings. The molecule has 0 aliphatic carbocycles. The number of allylic oxidation sites excluding steroid dienone is 4. The summed E-state index contributed by atoms with van der Waals surface area (Å²) in [5, 5.41) is 8.28. The molecule has 0 rings (SSSR count). The van der Waals surface area contributed by atoms with Crippen molar-refractivity contribution >= 4 is 6.29 Å². The molecule has 11 heavy (non-hydrogen) atoms. The number of aldehydes is 1. The van der Waals surface area contributed by atoms with Crippen molar-refractivity contribution in [2.75, 3.05) is 0 Å². The fraction of sp³-hybridized carbons (Fsp3) is 0.250. The Labute approximate surface area is 64.6 Å². The van der Waals surface area contributed by atoms with Crippen molar-refractivity contribution < 1.29 is 9.18 Å². The summed E-state index contributed by atoms with van der Waals surface area (Å²) in [5.74, 6) is -0.574. The van der Waals surface area contributed by atoms with Gasteiger partial charge in [-0.15, -0.1) is 0 Å². The molecule has 2 nitrogen and oxygen atoms in total. The maximum atomic E-state index is 12.4. The highest BCUT2D eigenvalue weighted by molar-refractivity contribution is 5.78. The molecule has 0 aliphatic heterocycles. The number of carbonyl (C=O) groups excluding carboxylic acids is 1. The van der Waals surface area contributed by atoms with E-state index in [4.69, 9.17) is 5.26 Å². The molecule has 58 valence electrons. The maximum Gasteiger partial charge on any atom is 0.152 e. The average molecular weight is 153 g/mol. The molecule has 0 aromatic heterocycles. The quantitative estimate of drug-likeness (QED) is 0.263. The van der Waals surface area contributed by atoms with Crippen LogP contribution in [-0.4, -0.2) is 6.29 Å². The Morgan fingerprint density at radius 1 is 1.55 bits per heavy atom. The normalized spacial score (nSPS) is 13.5. The first kappa shape index (κ1) is 9.57. The third kappa shape index (κ3) is 3.31. The van der Waals surface area contributed by atoms with E-state index >= 15 is 0 Å². The number of carbonyl (C=O) groups is 1. The van der Waals surface area contributed by atoms with E-state index in [1.807, 2.05) is 0 Å². The lowest BCUT2D eigenvalue weighted by Crippen LogP contribution is -1.83.